The largest absolute Gasteiger partial charge is 0.308 e. The molecule has 0 aliphatic heterocycles. The number of nitrogens with zero attached hydrogens (tertiary/aromatic N) is 1. The summed E-state index contributed by atoms with van der Waals surface area (Å²) in [4.78, 5) is 4.25. The third-order valence-corrected chi connectivity index (χ3v) is 3.90. The van der Waals surface area contributed by atoms with Crippen molar-refractivity contribution < 1.29 is 0 Å². The van der Waals surface area contributed by atoms with Crippen molar-refractivity contribution in [3.63, 3.8) is 0 Å². The molecular formula is C10H15ClN2S. The number of alkyl halides is 1. The fourth-order valence-electron chi connectivity index (χ4n) is 1.83. The van der Waals surface area contributed by atoms with Crippen LogP contribution in [-0.4, -0.2) is 16.4 Å². The van der Waals surface area contributed by atoms with Gasteiger partial charge < -0.3 is 5.32 Å². The normalized spacial score (nSPS) is 27.8. The lowest BCUT2D eigenvalue weighted by molar-refractivity contribution is 0.376. The molecule has 1 aliphatic carbocycles. The Morgan fingerprint density at radius 1 is 1.43 bits per heavy atom. The molecule has 0 aromatic carbocycles. The molecule has 0 spiro atoms. The Morgan fingerprint density at radius 3 is 2.86 bits per heavy atom. The van der Waals surface area contributed by atoms with Gasteiger partial charge >= 0.3 is 0 Å². The highest BCUT2D eigenvalue weighted by atomic mass is 35.5. The van der Waals surface area contributed by atoms with Gasteiger partial charge in [-0.25, -0.2) is 4.98 Å². The molecule has 1 fully saturated rings. The molecule has 0 amide bonds. The monoisotopic (exact) mass is 230 g/mol. The summed E-state index contributed by atoms with van der Waals surface area (Å²) in [5.41, 5.74) is 0. The minimum atomic E-state index is 0.410. The van der Waals surface area contributed by atoms with Gasteiger partial charge in [0.2, 0.25) is 0 Å². The fraction of sp³-hybridized carbons (Fsp3) is 0.700. The maximum atomic E-state index is 6.04. The molecule has 0 unspecified atom stereocenters. The second-order valence-electron chi connectivity index (χ2n) is 3.76. The van der Waals surface area contributed by atoms with Crippen LogP contribution in [-0.2, 0) is 6.54 Å². The van der Waals surface area contributed by atoms with Gasteiger partial charge in [0.15, 0.2) is 0 Å². The van der Waals surface area contributed by atoms with Gasteiger partial charge in [-0.05, 0) is 25.7 Å². The van der Waals surface area contributed by atoms with Crippen LogP contribution < -0.4 is 5.32 Å². The van der Waals surface area contributed by atoms with E-state index in [-0.39, 0.29) is 0 Å². The average molecular weight is 231 g/mol. The van der Waals surface area contributed by atoms with Gasteiger partial charge in [-0.3, -0.25) is 0 Å². The van der Waals surface area contributed by atoms with E-state index in [1.807, 2.05) is 11.6 Å². The van der Waals surface area contributed by atoms with E-state index >= 15 is 0 Å². The standard InChI is InChI=1S/C10H15ClN2S/c11-8-1-3-9(4-2-8)13-7-10-12-5-6-14-10/h5-6,8-9,13H,1-4,7H2. The van der Waals surface area contributed by atoms with Crippen molar-refractivity contribution in [1.29, 1.82) is 0 Å². The number of hydrogen-bond donors (Lipinski definition) is 1. The third kappa shape index (κ3) is 2.94. The van der Waals surface area contributed by atoms with E-state index < -0.39 is 0 Å². The van der Waals surface area contributed by atoms with Crippen molar-refractivity contribution >= 4 is 22.9 Å². The summed E-state index contributed by atoms with van der Waals surface area (Å²) in [7, 11) is 0. The second-order valence-corrected chi connectivity index (χ2v) is 5.35. The van der Waals surface area contributed by atoms with E-state index in [0.717, 1.165) is 19.4 Å². The third-order valence-electron chi connectivity index (χ3n) is 2.68. The summed E-state index contributed by atoms with van der Waals surface area (Å²) in [6.45, 7) is 0.912. The van der Waals surface area contributed by atoms with E-state index in [0.29, 0.717) is 11.4 Å². The van der Waals surface area contributed by atoms with Crippen molar-refractivity contribution in [3.05, 3.63) is 16.6 Å². The van der Waals surface area contributed by atoms with Crippen molar-refractivity contribution in [2.45, 2.75) is 43.6 Å². The molecule has 0 radical (unpaired) electrons. The van der Waals surface area contributed by atoms with Crippen molar-refractivity contribution in [1.82, 2.24) is 10.3 Å². The van der Waals surface area contributed by atoms with Gasteiger partial charge in [0, 0.05) is 29.5 Å². The summed E-state index contributed by atoms with van der Waals surface area (Å²) < 4.78 is 0. The van der Waals surface area contributed by atoms with Crippen LogP contribution in [0.3, 0.4) is 0 Å². The van der Waals surface area contributed by atoms with E-state index in [9.17, 15) is 0 Å². The van der Waals surface area contributed by atoms with Gasteiger partial charge in [-0.15, -0.1) is 22.9 Å². The molecular weight excluding hydrogens is 216 g/mol. The number of rotatable bonds is 3. The van der Waals surface area contributed by atoms with Gasteiger partial charge in [0.05, 0.1) is 0 Å². The highest BCUT2D eigenvalue weighted by Gasteiger charge is 2.18. The Balaban J connectivity index is 1.71. The van der Waals surface area contributed by atoms with Crippen LogP contribution in [0.2, 0.25) is 0 Å². The molecule has 1 aromatic rings. The summed E-state index contributed by atoms with van der Waals surface area (Å²) in [5, 5.41) is 7.14. The van der Waals surface area contributed by atoms with Crippen LogP contribution in [0, 0.1) is 0 Å². The molecule has 1 aliphatic rings. The fourth-order valence-corrected chi connectivity index (χ4v) is 2.65. The molecule has 0 atom stereocenters. The Labute approximate surface area is 93.7 Å². The summed E-state index contributed by atoms with van der Waals surface area (Å²) in [5.74, 6) is 0. The van der Waals surface area contributed by atoms with Crippen LogP contribution in [0.15, 0.2) is 11.6 Å². The van der Waals surface area contributed by atoms with E-state index in [2.05, 4.69) is 10.3 Å². The number of thiazole rings is 1. The summed E-state index contributed by atoms with van der Waals surface area (Å²) in [6.07, 6.45) is 6.57. The Hall–Kier alpha value is -0.120. The van der Waals surface area contributed by atoms with Crippen LogP contribution in [0.4, 0.5) is 0 Å². The minimum absolute atomic E-state index is 0.410. The molecule has 78 valence electrons. The smallest absolute Gasteiger partial charge is 0.106 e. The molecule has 14 heavy (non-hydrogen) atoms. The Morgan fingerprint density at radius 2 is 2.21 bits per heavy atom. The maximum absolute atomic E-state index is 6.04. The molecule has 0 saturated heterocycles. The average Bonchev–Trinajstić information content (AvgIpc) is 2.70. The number of aromatic nitrogens is 1. The van der Waals surface area contributed by atoms with Crippen molar-refractivity contribution in [3.8, 4) is 0 Å². The minimum Gasteiger partial charge on any atom is -0.308 e. The lowest BCUT2D eigenvalue weighted by Crippen LogP contribution is -2.32. The highest BCUT2D eigenvalue weighted by molar-refractivity contribution is 7.09. The highest BCUT2D eigenvalue weighted by Crippen LogP contribution is 2.23. The van der Waals surface area contributed by atoms with Gasteiger partial charge in [0.25, 0.3) is 0 Å². The zero-order chi connectivity index (χ0) is 9.80. The molecule has 1 saturated carbocycles. The van der Waals surface area contributed by atoms with E-state index in [1.165, 1.54) is 17.8 Å². The molecule has 2 rings (SSSR count). The number of halogens is 1. The predicted octanol–water partition coefficient (Wildman–Crippen LogP) is 2.78. The van der Waals surface area contributed by atoms with Crippen LogP contribution >= 0.6 is 22.9 Å². The van der Waals surface area contributed by atoms with Gasteiger partial charge in [0.1, 0.15) is 5.01 Å². The molecule has 4 heteroatoms. The molecule has 0 bridgehead atoms. The maximum Gasteiger partial charge on any atom is 0.106 e. The topological polar surface area (TPSA) is 24.9 Å². The lowest BCUT2D eigenvalue weighted by Gasteiger charge is -2.25. The lowest BCUT2D eigenvalue weighted by atomic mass is 9.95. The van der Waals surface area contributed by atoms with Crippen LogP contribution in [0.5, 0.6) is 0 Å². The SMILES string of the molecule is ClC1CCC(NCc2nccs2)CC1. The van der Waals surface area contributed by atoms with Gasteiger partial charge in [-0.1, -0.05) is 0 Å². The van der Waals surface area contributed by atoms with Crippen LogP contribution in [0.25, 0.3) is 0 Å². The van der Waals surface area contributed by atoms with Crippen molar-refractivity contribution in [2.75, 3.05) is 0 Å². The van der Waals surface area contributed by atoms with Gasteiger partial charge in [-0.2, -0.15) is 0 Å². The Kier molecular flexibility index (Phi) is 3.79. The van der Waals surface area contributed by atoms with Crippen LogP contribution in [0.1, 0.15) is 30.7 Å². The summed E-state index contributed by atoms with van der Waals surface area (Å²) >= 11 is 7.76. The molecule has 1 aromatic heterocycles. The Bertz CT molecular complexity index is 255. The van der Waals surface area contributed by atoms with Crippen molar-refractivity contribution in [2.24, 2.45) is 0 Å². The summed E-state index contributed by atoms with van der Waals surface area (Å²) in [6, 6.07) is 0.647. The molecule has 1 heterocycles. The molecule has 2 nitrogen and oxygen atoms in total. The quantitative estimate of drug-likeness (QED) is 0.808. The molecule has 1 N–H and O–H groups in total. The first-order chi connectivity index (χ1) is 6.84. The first kappa shape index (κ1) is 10.4. The first-order valence-electron chi connectivity index (χ1n) is 5.10. The van der Waals surface area contributed by atoms with E-state index in [1.54, 1.807) is 11.3 Å². The number of hydrogen-bond acceptors (Lipinski definition) is 3. The zero-order valence-corrected chi connectivity index (χ0v) is 9.65. The second kappa shape index (κ2) is 5.10. The first-order valence-corrected chi connectivity index (χ1v) is 6.42. The number of nitrogens with one attached hydrogen (secondary N) is 1. The zero-order valence-electron chi connectivity index (χ0n) is 8.08. The van der Waals surface area contributed by atoms with E-state index in [4.69, 9.17) is 11.6 Å². The predicted molar refractivity (Wildman–Crippen MR) is 60.9 cm³/mol.